The number of benzene rings is 2. The Morgan fingerprint density at radius 3 is 2.60 bits per heavy atom. The Kier molecular flexibility index (Phi) is 5.67. The van der Waals surface area contributed by atoms with Crippen molar-refractivity contribution in [2.75, 3.05) is 52.4 Å². The van der Waals surface area contributed by atoms with Crippen molar-refractivity contribution in [3.05, 3.63) is 58.1 Å². The summed E-state index contributed by atoms with van der Waals surface area (Å²) >= 11 is 3.61. The summed E-state index contributed by atoms with van der Waals surface area (Å²) in [7, 11) is 0. The monoisotopic (exact) mass is 471 g/mol. The first-order valence-electron chi connectivity index (χ1n) is 10.6. The van der Waals surface area contributed by atoms with Gasteiger partial charge in [-0.1, -0.05) is 34.1 Å². The van der Waals surface area contributed by atoms with Gasteiger partial charge >= 0.3 is 6.09 Å². The average Bonchev–Trinajstić information content (AvgIpc) is 3.10. The lowest BCUT2D eigenvalue weighted by molar-refractivity contribution is 0.0898. The van der Waals surface area contributed by atoms with Crippen LogP contribution in [0.5, 0.6) is 11.5 Å². The van der Waals surface area contributed by atoms with E-state index in [2.05, 4.69) is 56.1 Å². The highest BCUT2D eigenvalue weighted by atomic mass is 79.9. The smallest absolute Gasteiger partial charge is 0.409 e. The number of para-hydroxylation sites is 1. The SMILES string of the molecule is O=C1OCCN1CCN1CCN(C2Cc3cc(Br)ccc3Oc3ccccc32)CC1. The topological polar surface area (TPSA) is 45.2 Å². The second kappa shape index (κ2) is 8.57. The molecular formula is C23H26BrN3O3. The number of rotatable bonds is 4. The van der Waals surface area contributed by atoms with Crippen LogP contribution in [0.15, 0.2) is 46.9 Å². The quantitative estimate of drug-likeness (QED) is 0.676. The van der Waals surface area contributed by atoms with E-state index in [1.807, 2.05) is 12.1 Å². The van der Waals surface area contributed by atoms with Crippen molar-refractivity contribution in [3.8, 4) is 11.5 Å². The Hall–Kier alpha value is -2.09. The van der Waals surface area contributed by atoms with Crippen LogP contribution < -0.4 is 4.74 Å². The third-order valence-electron chi connectivity index (χ3n) is 6.31. The van der Waals surface area contributed by atoms with E-state index in [4.69, 9.17) is 9.47 Å². The van der Waals surface area contributed by atoms with E-state index >= 15 is 0 Å². The van der Waals surface area contributed by atoms with E-state index in [1.165, 1.54) is 11.1 Å². The summed E-state index contributed by atoms with van der Waals surface area (Å²) < 4.78 is 12.4. The number of carbonyl (C=O) groups is 1. The van der Waals surface area contributed by atoms with Gasteiger partial charge < -0.3 is 14.4 Å². The zero-order chi connectivity index (χ0) is 20.5. The van der Waals surface area contributed by atoms with E-state index in [0.29, 0.717) is 19.2 Å². The number of hydrogen-bond donors (Lipinski definition) is 0. The van der Waals surface area contributed by atoms with Gasteiger partial charge in [0.25, 0.3) is 0 Å². The number of ether oxygens (including phenoxy) is 2. The number of carbonyl (C=O) groups excluding carboxylic acids is 1. The molecule has 0 aliphatic carbocycles. The van der Waals surface area contributed by atoms with Crippen molar-refractivity contribution in [1.29, 1.82) is 0 Å². The molecule has 2 saturated heterocycles. The lowest BCUT2D eigenvalue weighted by atomic mass is 9.96. The van der Waals surface area contributed by atoms with E-state index in [9.17, 15) is 4.79 Å². The van der Waals surface area contributed by atoms with E-state index < -0.39 is 0 Å². The van der Waals surface area contributed by atoms with Crippen molar-refractivity contribution in [2.45, 2.75) is 12.5 Å². The summed E-state index contributed by atoms with van der Waals surface area (Å²) in [4.78, 5) is 18.5. The fraction of sp³-hybridized carbons (Fsp3) is 0.435. The first-order chi connectivity index (χ1) is 14.7. The highest BCUT2D eigenvalue weighted by molar-refractivity contribution is 9.10. The van der Waals surface area contributed by atoms with Crippen LogP contribution >= 0.6 is 15.9 Å². The molecule has 1 unspecified atom stereocenters. The second-order valence-electron chi connectivity index (χ2n) is 8.09. The van der Waals surface area contributed by atoms with Crippen LogP contribution in [0.3, 0.4) is 0 Å². The van der Waals surface area contributed by atoms with Crippen molar-refractivity contribution in [2.24, 2.45) is 0 Å². The van der Waals surface area contributed by atoms with Crippen LogP contribution in [0, 0.1) is 0 Å². The molecular weight excluding hydrogens is 446 g/mol. The number of cyclic esters (lactones) is 1. The minimum Gasteiger partial charge on any atom is -0.457 e. The fourth-order valence-electron chi connectivity index (χ4n) is 4.61. The molecule has 2 aromatic rings. The predicted octanol–water partition coefficient (Wildman–Crippen LogP) is 3.91. The van der Waals surface area contributed by atoms with Crippen LogP contribution in [0.25, 0.3) is 0 Å². The molecule has 0 spiro atoms. The maximum Gasteiger partial charge on any atom is 0.409 e. The van der Waals surface area contributed by atoms with E-state index in [0.717, 1.165) is 61.7 Å². The van der Waals surface area contributed by atoms with Gasteiger partial charge in [0.1, 0.15) is 18.1 Å². The molecule has 5 rings (SSSR count). The normalized spacial score (nSPS) is 22.1. The van der Waals surface area contributed by atoms with Crippen LogP contribution in [0.4, 0.5) is 4.79 Å². The molecule has 3 aliphatic heterocycles. The van der Waals surface area contributed by atoms with E-state index in [1.54, 1.807) is 4.90 Å². The van der Waals surface area contributed by atoms with Gasteiger partial charge in [0.05, 0.1) is 6.54 Å². The Labute approximate surface area is 185 Å². The second-order valence-corrected chi connectivity index (χ2v) is 9.01. The molecule has 0 bridgehead atoms. The summed E-state index contributed by atoms with van der Waals surface area (Å²) in [5.74, 6) is 1.91. The molecule has 1 atom stereocenters. The van der Waals surface area contributed by atoms with Crippen molar-refractivity contribution in [1.82, 2.24) is 14.7 Å². The minimum absolute atomic E-state index is 0.173. The largest absolute Gasteiger partial charge is 0.457 e. The molecule has 30 heavy (non-hydrogen) atoms. The molecule has 0 aromatic heterocycles. The Morgan fingerprint density at radius 2 is 1.80 bits per heavy atom. The van der Waals surface area contributed by atoms with Crippen molar-refractivity contribution < 1.29 is 14.3 Å². The molecule has 0 N–H and O–H groups in total. The van der Waals surface area contributed by atoms with Gasteiger partial charge in [-0.15, -0.1) is 0 Å². The molecule has 3 aliphatic rings. The minimum atomic E-state index is -0.173. The number of piperazine rings is 1. The molecule has 158 valence electrons. The zero-order valence-corrected chi connectivity index (χ0v) is 18.5. The third-order valence-corrected chi connectivity index (χ3v) is 6.81. The molecule has 2 fully saturated rings. The van der Waals surface area contributed by atoms with Crippen LogP contribution in [0.2, 0.25) is 0 Å². The van der Waals surface area contributed by atoms with Gasteiger partial charge in [0.15, 0.2) is 0 Å². The summed E-state index contributed by atoms with van der Waals surface area (Å²) in [5.41, 5.74) is 2.50. The maximum absolute atomic E-state index is 11.6. The fourth-order valence-corrected chi connectivity index (χ4v) is 5.02. The third kappa shape index (κ3) is 4.06. The Morgan fingerprint density at radius 1 is 0.967 bits per heavy atom. The van der Waals surface area contributed by atoms with E-state index in [-0.39, 0.29) is 6.09 Å². The van der Waals surface area contributed by atoms with Gasteiger partial charge in [-0.3, -0.25) is 9.80 Å². The summed E-state index contributed by atoms with van der Waals surface area (Å²) in [6, 6.07) is 15.0. The van der Waals surface area contributed by atoms with Crippen LogP contribution in [-0.2, 0) is 11.2 Å². The number of hydrogen-bond acceptors (Lipinski definition) is 5. The highest BCUT2D eigenvalue weighted by Gasteiger charge is 2.31. The average molecular weight is 472 g/mol. The van der Waals surface area contributed by atoms with Crippen molar-refractivity contribution in [3.63, 3.8) is 0 Å². The molecule has 1 amide bonds. The zero-order valence-electron chi connectivity index (χ0n) is 16.9. The summed E-state index contributed by atoms with van der Waals surface area (Å²) in [6.07, 6.45) is 0.763. The Balaban J connectivity index is 1.28. The molecule has 6 nitrogen and oxygen atoms in total. The number of amides is 1. The number of nitrogens with zero attached hydrogens (tertiary/aromatic N) is 3. The molecule has 7 heteroatoms. The first-order valence-corrected chi connectivity index (χ1v) is 11.4. The highest BCUT2D eigenvalue weighted by Crippen LogP contribution is 2.41. The lowest BCUT2D eigenvalue weighted by Gasteiger charge is -2.39. The first kappa shape index (κ1) is 19.8. The summed E-state index contributed by atoms with van der Waals surface area (Å²) in [5, 5.41) is 0. The van der Waals surface area contributed by atoms with Gasteiger partial charge in [0, 0.05) is 55.3 Å². The van der Waals surface area contributed by atoms with Gasteiger partial charge in [0.2, 0.25) is 0 Å². The van der Waals surface area contributed by atoms with Gasteiger partial charge in [-0.25, -0.2) is 4.79 Å². The van der Waals surface area contributed by atoms with Gasteiger partial charge in [-0.2, -0.15) is 0 Å². The molecule has 2 aromatic carbocycles. The Bertz CT molecular complexity index is 930. The van der Waals surface area contributed by atoms with Gasteiger partial charge in [-0.05, 0) is 36.2 Å². The van der Waals surface area contributed by atoms with Crippen LogP contribution in [0.1, 0.15) is 17.2 Å². The maximum atomic E-state index is 11.6. The molecule has 3 heterocycles. The lowest BCUT2D eigenvalue weighted by Crippen LogP contribution is -2.49. The van der Waals surface area contributed by atoms with Crippen LogP contribution in [-0.4, -0.2) is 73.2 Å². The molecule has 0 radical (unpaired) electrons. The molecule has 0 saturated carbocycles. The standard InChI is InChI=1S/C23H26BrN3O3/c24-18-5-6-21-17(15-18)16-20(19-3-1-2-4-22(19)30-21)26-10-7-25(8-11-26)9-12-27-13-14-29-23(27)28/h1-6,15,20H,7-14,16H2. The van der Waals surface area contributed by atoms with Crippen molar-refractivity contribution >= 4 is 22.0 Å². The predicted molar refractivity (Wildman–Crippen MR) is 118 cm³/mol. The number of halogens is 1. The number of fused-ring (bicyclic) bond motifs is 2. The summed E-state index contributed by atoms with van der Waals surface area (Å²) in [6.45, 7) is 6.92.